The molecule has 0 unspecified atom stereocenters. The number of aromatic nitrogens is 1. The number of amides is 1. The predicted octanol–water partition coefficient (Wildman–Crippen LogP) is 5.20. The molecular formula is C21H23FN2OS. The molecule has 136 valence electrons. The lowest BCUT2D eigenvalue weighted by Gasteiger charge is -2.29. The quantitative estimate of drug-likeness (QED) is 0.673. The molecule has 2 heterocycles. The van der Waals surface area contributed by atoms with Gasteiger partial charge < -0.3 is 9.88 Å². The van der Waals surface area contributed by atoms with Crippen molar-refractivity contribution in [2.24, 2.45) is 5.92 Å². The second-order valence-corrected chi connectivity index (χ2v) is 8.20. The van der Waals surface area contributed by atoms with Crippen molar-refractivity contribution in [1.29, 1.82) is 0 Å². The second kappa shape index (κ2) is 7.23. The van der Waals surface area contributed by atoms with Crippen LogP contribution in [0.1, 0.15) is 48.7 Å². The number of carbonyl (C=O) groups is 1. The van der Waals surface area contributed by atoms with E-state index in [4.69, 9.17) is 0 Å². The summed E-state index contributed by atoms with van der Waals surface area (Å²) in [5.74, 6) is 0.273. The van der Waals surface area contributed by atoms with E-state index in [9.17, 15) is 9.18 Å². The number of rotatable bonds is 4. The number of thiophene rings is 1. The molecule has 1 saturated carbocycles. The largest absolute Gasteiger partial charge is 0.348 e. The molecule has 0 spiro atoms. The van der Waals surface area contributed by atoms with E-state index >= 15 is 0 Å². The van der Waals surface area contributed by atoms with Crippen molar-refractivity contribution in [2.75, 3.05) is 0 Å². The van der Waals surface area contributed by atoms with Crippen LogP contribution in [0.25, 0.3) is 10.2 Å². The third-order valence-corrected chi connectivity index (χ3v) is 6.29. The molecule has 4 rings (SSSR count). The van der Waals surface area contributed by atoms with E-state index < -0.39 is 0 Å². The van der Waals surface area contributed by atoms with Crippen molar-refractivity contribution >= 4 is 27.5 Å². The van der Waals surface area contributed by atoms with Crippen molar-refractivity contribution in [1.82, 2.24) is 9.88 Å². The first kappa shape index (κ1) is 17.3. The highest BCUT2D eigenvalue weighted by Crippen LogP contribution is 2.28. The maximum absolute atomic E-state index is 13.2. The molecule has 1 fully saturated rings. The first-order valence-corrected chi connectivity index (χ1v) is 10.1. The van der Waals surface area contributed by atoms with Crippen LogP contribution >= 0.6 is 11.3 Å². The normalized spacial score (nSPS) is 20.4. The molecule has 3 aromatic rings. The molecule has 1 N–H and O–H groups in total. The maximum atomic E-state index is 13.2. The van der Waals surface area contributed by atoms with E-state index in [1.165, 1.54) is 31.4 Å². The van der Waals surface area contributed by atoms with Gasteiger partial charge in [0.15, 0.2) is 0 Å². The Morgan fingerprint density at radius 3 is 2.77 bits per heavy atom. The van der Waals surface area contributed by atoms with Gasteiger partial charge in [0.25, 0.3) is 5.91 Å². The minimum absolute atomic E-state index is 0.00531. The van der Waals surface area contributed by atoms with Crippen LogP contribution < -0.4 is 5.32 Å². The van der Waals surface area contributed by atoms with Gasteiger partial charge in [0.1, 0.15) is 11.5 Å². The molecule has 3 nitrogen and oxygen atoms in total. The summed E-state index contributed by atoms with van der Waals surface area (Å²) in [5, 5.41) is 5.29. The second-order valence-electron chi connectivity index (χ2n) is 7.25. The van der Waals surface area contributed by atoms with Gasteiger partial charge >= 0.3 is 0 Å². The standard InChI is InChI=1S/C21H23FN2OS/c1-14-4-2-3-5-17(14)23-21(25)19-12-20-18(10-11-26-20)24(19)13-15-6-8-16(22)9-7-15/h6-12,14,17H,2-5,13H2,1H3,(H,23,25)/t14-,17+/m1/s1. The molecule has 0 bridgehead atoms. The Labute approximate surface area is 156 Å². The molecule has 1 aliphatic rings. The highest BCUT2D eigenvalue weighted by molar-refractivity contribution is 7.17. The van der Waals surface area contributed by atoms with Crippen molar-refractivity contribution in [3.8, 4) is 0 Å². The fourth-order valence-corrected chi connectivity index (χ4v) is 4.70. The third kappa shape index (κ3) is 3.40. The van der Waals surface area contributed by atoms with Gasteiger partial charge in [-0.1, -0.05) is 31.9 Å². The van der Waals surface area contributed by atoms with E-state index in [1.54, 1.807) is 23.5 Å². The van der Waals surface area contributed by atoms with Crippen molar-refractivity contribution in [3.05, 3.63) is 58.9 Å². The zero-order chi connectivity index (χ0) is 18.1. The summed E-state index contributed by atoms with van der Waals surface area (Å²) in [7, 11) is 0. The summed E-state index contributed by atoms with van der Waals surface area (Å²) < 4.78 is 16.4. The van der Waals surface area contributed by atoms with Crippen molar-refractivity contribution in [3.63, 3.8) is 0 Å². The number of fused-ring (bicyclic) bond motifs is 1. The Hall–Kier alpha value is -2.14. The fourth-order valence-electron chi connectivity index (χ4n) is 3.88. The lowest BCUT2D eigenvalue weighted by molar-refractivity contribution is 0.0901. The van der Waals surface area contributed by atoms with Gasteiger partial charge in [0.2, 0.25) is 0 Å². The lowest BCUT2D eigenvalue weighted by atomic mass is 9.86. The molecule has 0 aliphatic heterocycles. The van der Waals surface area contributed by atoms with Crippen molar-refractivity contribution < 1.29 is 9.18 Å². The number of hydrogen-bond donors (Lipinski definition) is 1. The topological polar surface area (TPSA) is 34.0 Å². The summed E-state index contributed by atoms with van der Waals surface area (Å²) in [5.41, 5.74) is 2.73. The van der Waals surface area contributed by atoms with Crippen LogP contribution in [0.2, 0.25) is 0 Å². The molecule has 2 atom stereocenters. The van der Waals surface area contributed by atoms with Gasteiger partial charge in [0, 0.05) is 12.6 Å². The smallest absolute Gasteiger partial charge is 0.268 e. The molecule has 26 heavy (non-hydrogen) atoms. The molecule has 1 aromatic carbocycles. The van der Waals surface area contributed by atoms with E-state index in [0.29, 0.717) is 18.2 Å². The van der Waals surface area contributed by atoms with Gasteiger partial charge in [-0.3, -0.25) is 4.79 Å². The van der Waals surface area contributed by atoms with Crippen LogP contribution in [0.5, 0.6) is 0 Å². The highest BCUT2D eigenvalue weighted by atomic mass is 32.1. The zero-order valence-electron chi connectivity index (χ0n) is 14.9. The van der Waals surface area contributed by atoms with Gasteiger partial charge in [-0.05, 0) is 54.0 Å². The summed E-state index contributed by atoms with van der Waals surface area (Å²) in [6.07, 6.45) is 4.67. The molecule has 2 aromatic heterocycles. The first-order valence-electron chi connectivity index (χ1n) is 9.24. The summed E-state index contributed by atoms with van der Waals surface area (Å²) in [6.45, 7) is 2.78. The van der Waals surface area contributed by atoms with Gasteiger partial charge in [0.05, 0.1) is 10.2 Å². The van der Waals surface area contributed by atoms with Crippen LogP contribution in [-0.4, -0.2) is 16.5 Å². The summed E-state index contributed by atoms with van der Waals surface area (Å²) in [4.78, 5) is 13.0. The van der Waals surface area contributed by atoms with E-state index in [2.05, 4.69) is 12.2 Å². The first-order chi connectivity index (χ1) is 12.6. The van der Waals surface area contributed by atoms with E-state index in [0.717, 1.165) is 22.2 Å². The van der Waals surface area contributed by atoms with Crippen molar-refractivity contribution in [2.45, 2.75) is 45.2 Å². The number of nitrogens with zero attached hydrogens (tertiary/aromatic N) is 1. The molecule has 1 amide bonds. The predicted molar refractivity (Wildman–Crippen MR) is 104 cm³/mol. The van der Waals surface area contributed by atoms with Crippen LogP contribution in [0.15, 0.2) is 41.8 Å². The van der Waals surface area contributed by atoms with Crippen LogP contribution in [0.3, 0.4) is 0 Å². The Kier molecular flexibility index (Phi) is 4.81. The average Bonchev–Trinajstić information content (AvgIpc) is 3.21. The fraction of sp³-hybridized carbons (Fsp3) is 0.381. The lowest BCUT2D eigenvalue weighted by Crippen LogP contribution is -2.41. The summed E-state index contributed by atoms with van der Waals surface area (Å²) in [6, 6.07) is 10.8. The molecule has 5 heteroatoms. The monoisotopic (exact) mass is 370 g/mol. The van der Waals surface area contributed by atoms with Crippen LogP contribution in [0, 0.1) is 11.7 Å². The number of nitrogens with one attached hydrogen (secondary N) is 1. The molecule has 1 aliphatic carbocycles. The number of benzene rings is 1. The molecule has 0 saturated heterocycles. The average molecular weight is 370 g/mol. The van der Waals surface area contributed by atoms with Gasteiger partial charge in [-0.2, -0.15) is 0 Å². The van der Waals surface area contributed by atoms with Gasteiger partial charge in [-0.25, -0.2) is 4.39 Å². The van der Waals surface area contributed by atoms with Crippen LogP contribution in [0.4, 0.5) is 4.39 Å². The molecular weight excluding hydrogens is 347 g/mol. The number of halogens is 1. The maximum Gasteiger partial charge on any atom is 0.268 e. The molecule has 0 radical (unpaired) electrons. The third-order valence-electron chi connectivity index (χ3n) is 5.44. The number of carbonyl (C=O) groups excluding carboxylic acids is 1. The highest BCUT2D eigenvalue weighted by Gasteiger charge is 2.25. The number of hydrogen-bond acceptors (Lipinski definition) is 2. The van der Waals surface area contributed by atoms with E-state index in [-0.39, 0.29) is 17.8 Å². The van der Waals surface area contributed by atoms with Gasteiger partial charge in [-0.15, -0.1) is 11.3 Å². The summed E-state index contributed by atoms with van der Waals surface area (Å²) >= 11 is 1.64. The Bertz CT molecular complexity index is 912. The zero-order valence-corrected chi connectivity index (χ0v) is 15.7. The van der Waals surface area contributed by atoms with Crippen LogP contribution in [-0.2, 0) is 6.54 Å². The Morgan fingerprint density at radius 2 is 2.00 bits per heavy atom. The van der Waals surface area contributed by atoms with E-state index in [1.807, 2.05) is 22.1 Å². The Balaban J connectivity index is 1.62. The minimum atomic E-state index is -0.244. The SMILES string of the molecule is C[C@@H]1CCCC[C@@H]1NC(=O)c1cc2sccc2n1Cc1ccc(F)cc1. The Morgan fingerprint density at radius 1 is 1.23 bits per heavy atom. The minimum Gasteiger partial charge on any atom is -0.348 e.